The molecule has 18 heavy (non-hydrogen) atoms. The molecule has 1 rings (SSSR count). The van der Waals surface area contributed by atoms with E-state index in [0.717, 1.165) is 13.2 Å². The zero-order valence-electron chi connectivity index (χ0n) is 9.13. The smallest absolute Gasteiger partial charge is 0.465 e. The van der Waals surface area contributed by atoms with Crippen molar-refractivity contribution in [3.8, 4) is 5.75 Å². The van der Waals surface area contributed by atoms with Gasteiger partial charge in [-0.3, -0.25) is 4.79 Å². The summed E-state index contributed by atoms with van der Waals surface area (Å²) in [5.41, 5.74) is 3.45. The molecule has 0 aliphatic rings. The van der Waals surface area contributed by atoms with Crippen molar-refractivity contribution in [3.05, 3.63) is 27.7 Å². The topological polar surface area (TPSA) is 94.4 Å². The van der Waals surface area contributed by atoms with Gasteiger partial charge in [-0.1, -0.05) is 0 Å². The number of alkyl halides is 3. The average Bonchev–Trinajstić information content (AvgIpc) is 2.28. The quantitative estimate of drug-likeness (QED) is 0.778. The number of carbonyl (C=O) groups excluding carboxylic acids is 1. The average molecular weight is 266 g/mol. The fraction of sp³-hybridized carbons (Fsp3) is 0.333. The molecule has 100 valence electrons. The van der Waals surface area contributed by atoms with Gasteiger partial charge in [0, 0.05) is 12.2 Å². The predicted octanol–water partition coefficient (Wildman–Crippen LogP) is 0.519. The van der Waals surface area contributed by atoms with Gasteiger partial charge in [-0.15, -0.1) is 13.2 Å². The Hall–Kier alpha value is -2.03. The van der Waals surface area contributed by atoms with E-state index in [2.05, 4.69) is 14.5 Å². The number of methoxy groups -OCH3 is 1. The second kappa shape index (κ2) is 5.08. The molecule has 0 aliphatic carbocycles. The summed E-state index contributed by atoms with van der Waals surface area (Å²) in [6.45, 7) is -0.161. The van der Waals surface area contributed by atoms with Crippen LogP contribution < -0.4 is 16.0 Å². The lowest BCUT2D eigenvalue weighted by Gasteiger charge is -2.12. The normalized spacial score (nSPS) is 11.2. The van der Waals surface area contributed by atoms with Crippen LogP contribution in [0.1, 0.15) is 16.1 Å². The number of halogens is 3. The molecule has 0 bridgehead atoms. The van der Waals surface area contributed by atoms with E-state index < -0.39 is 29.2 Å². The Morgan fingerprint density at radius 1 is 1.50 bits per heavy atom. The van der Waals surface area contributed by atoms with Crippen molar-refractivity contribution >= 4 is 5.97 Å². The summed E-state index contributed by atoms with van der Waals surface area (Å²) in [5.74, 6) is -2.30. The van der Waals surface area contributed by atoms with Gasteiger partial charge < -0.3 is 20.2 Å². The van der Waals surface area contributed by atoms with E-state index in [1.54, 1.807) is 0 Å². The van der Waals surface area contributed by atoms with Crippen molar-refractivity contribution in [2.24, 2.45) is 5.73 Å². The van der Waals surface area contributed by atoms with Gasteiger partial charge in [0.05, 0.1) is 7.11 Å². The van der Waals surface area contributed by atoms with E-state index >= 15 is 0 Å². The number of pyridine rings is 1. The molecular formula is C9H9F3N2O4. The minimum absolute atomic E-state index is 0.0786. The molecule has 1 heterocycles. The Kier molecular flexibility index (Phi) is 3.96. The van der Waals surface area contributed by atoms with Crippen LogP contribution in [0.15, 0.2) is 10.9 Å². The number of rotatable bonds is 3. The molecule has 0 fully saturated rings. The Bertz CT molecular complexity index is 510. The maximum Gasteiger partial charge on any atom is 0.573 e. The van der Waals surface area contributed by atoms with E-state index in [1.165, 1.54) is 0 Å². The molecule has 6 nitrogen and oxygen atoms in total. The second-order valence-corrected chi connectivity index (χ2v) is 3.11. The van der Waals surface area contributed by atoms with Crippen molar-refractivity contribution in [1.29, 1.82) is 0 Å². The van der Waals surface area contributed by atoms with E-state index in [4.69, 9.17) is 5.73 Å². The van der Waals surface area contributed by atoms with E-state index in [1.807, 2.05) is 0 Å². The summed E-state index contributed by atoms with van der Waals surface area (Å²) in [5, 5.41) is 0. The second-order valence-electron chi connectivity index (χ2n) is 3.11. The van der Waals surface area contributed by atoms with Gasteiger partial charge in [0.2, 0.25) is 5.75 Å². The summed E-state index contributed by atoms with van der Waals surface area (Å²) in [6.07, 6.45) is -5.10. The first kappa shape index (κ1) is 14.0. The summed E-state index contributed by atoms with van der Waals surface area (Å²) in [6, 6.07) is 0.967. The number of carbonyl (C=O) groups is 1. The maximum atomic E-state index is 12.1. The summed E-state index contributed by atoms with van der Waals surface area (Å²) in [7, 11) is 0.961. The molecule has 0 aliphatic heterocycles. The highest BCUT2D eigenvalue weighted by molar-refractivity contribution is 5.92. The Balaban J connectivity index is 3.38. The third-order valence-electron chi connectivity index (χ3n) is 1.89. The Labute approximate surface area is 98.5 Å². The van der Waals surface area contributed by atoms with Gasteiger partial charge in [-0.25, -0.2) is 4.79 Å². The first-order chi connectivity index (χ1) is 8.28. The van der Waals surface area contributed by atoms with Crippen molar-refractivity contribution in [2.75, 3.05) is 7.11 Å². The number of nitrogens with two attached hydrogens (primary N) is 1. The molecule has 0 spiro atoms. The lowest BCUT2D eigenvalue weighted by atomic mass is 10.2. The Morgan fingerprint density at radius 3 is 2.56 bits per heavy atom. The highest BCUT2D eigenvalue weighted by Crippen LogP contribution is 2.23. The molecule has 0 atom stereocenters. The summed E-state index contributed by atoms with van der Waals surface area (Å²) >= 11 is 0. The molecule has 0 aromatic carbocycles. The van der Waals surface area contributed by atoms with Gasteiger partial charge >= 0.3 is 12.3 Å². The van der Waals surface area contributed by atoms with Crippen LogP contribution in [0.2, 0.25) is 0 Å². The summed E-state index contributed by atoms with van der Waals surface area (Å²) < 4.78 is 44.1. The highest BCUT2D eigenvalue weighted by atomic mass is 19.4. The first-order valence-electron chi connectivity index (χ1n) is 4.58. The zero-order chi connectivity index (χ0) is 13.9. The molecule has 1 aromatic heterocycles. The number of nitrogens with one attached hydrogen (secondary N) is 1. The van der Waals surface area contributed by atoms with Crippen molar-refractivity contribution < 1.29 is 27.4 Å². The fourth-order valence-corrected chi connectivity index (χ4v) is 1.19. The van der Waals surface area contributed by atoms with Crippen molar-refractivity contribution in [2.45, 2.75) is 12.9 Å². The molecule has 0 saturated carbocycles. The van der Waals surface area contributed by atoms with Crippen LogP contribution in [0.4, 0.5) is 13.2 Å². The summed E-state index contributed by atoms with van der Waals surface area (Å²) in [4.78, 5) is 24.7. The molecule has 0 radical (unpaired) electrons. The lowest BCUT2D eigenvalue weighted by molar-refractivity contribution is -0.275. The van der Waals surface area contributed by atoms with Gasteiger partial charge in [0.25, 0.3) is 5.56 Å². The standard InChI is InChI=1S/C9H9F3N2O4/c1-17-8(16)5-2-4(3-13)14-7(15)6(5)18-9(10,11)12/h2H,3,13H2,1H3,(H,14,15). The van der Waals surface area contributed by atoms with E-state index in [-0.39, 0.29) is 12.2 Å². The number of aromatic amines is 1. The molecular weight excluding hydrogens is 257 g/mol. The largest absolute Gasteiger partial charge is 0.573 e. The van der Waals surface area contributed by atoms with Crippen molar-refractivity contribution in [3.63, 3.8) is 0 Å². The predicted molar refractivity (Wildman–Crippen MR) is 53.0 cm³/mol. The lowest BCUT2D eigenvalue weighted by Crippen LogP contribution is -2.26. The SMILES string of the molecule is COC(=O)c1cc(CN)[nH]c(=O)c1OC(F)(F)F. The Morgan fingerprint density at radius 2 is 2.11 bits per heavy atom. The number of esters is 1. The fourth-order valence-electron chi connectivity index (χ4n) is 1.19. The van der Waals surface area contributed by atoms with Gasteiger partial charge in [-0.2, -0.15) is 0 Å². The molecule has 9 heteroatoms. The van der Waals surface area contributed by atoms with Gasteiger partial charge in [0.15, 0.2) is 0 Å². The van der Waals surface area contributed by atoms with E-state index in [9.17, 15) is 22.8 Å². The first-order valence-corrected chi connectivity index (χ1v) is 4.58. The maximum absolute atomic E-state index is 12.1. The molecule has 0 unspecified atom stereocenters. The third kappa shape index (κ3) is 3.23. The monoisotopic (exact) mass is 266 g/mol. The van der Waals surface area contributed by atoms with Gasteiger partial charge in [-0.05, 0) is 6.07 Å². The van der Waals surface area contributed by atoms with Crippen LogP contribution in [0, 0.1) is 0 Å². The van der Waals surface area contributed by atoms with Crippen molar-refractivity contribution in [1.82, 2.24) is 4.98 Å². The number of H-pyrrole nitrogens is 1. The highest BCUT2D eigenvalue weighted by Gasteiger charge is 2.35. The van der Waals surface area contributed by atoms with Crippen LogP contribution in [0.25, 0.3) is 0 Å². The number of hydrogen-bond donors (Lipinski definition) is 2. The molecule has 0 amide bonds. The molecule has 1 aromatic rings. The zero-order valence-corrected chi connectivity index (χ0v) is 9.13. The molecule has 3 N–H and O–H groups in total. The van der Waals surface area contributed by atoms with Crippen LogP contribution >= 0.6 is 0 Å². The minimum Gasteiger partial charge on any atom is -0.465 e. The minimum atomic E-state index is -5.10. The molecule has 0 saturated heterocycles. The van der Waals surface area contributed by atoms with Crippen LogP contribution in [0.3, 0.4) is 0 Å². The number of hydrogen-bond acceptors (Lipinski definition) is 5. The van der Waals surface area contributed by atoms with Crippen LogP contribution in [-0.2, 0) is 11.3 Å². The third-order valence-corrected chi connectivity index (χ3v) is 1.89. The number of ether oxygens (including phenoxy) is 2. The number of aromatic nitrogens is 1. The van der Waals surface area contributed by atoms with Crippen LogP contribution in [-0.4, -0.2) is 24.4 Å². The van der Waals surface area contributed by atoms with Crippen LogP contribution in [0.5, 0.6) is 5.75 Å². The van der Waals surface area contributed by atoms with Gasteiger partial charge in [0.1, 0.15) is 5.56 Å². The van der Waals surface area contributed by atoms with E-state index in [0.29, 0.717) is 0 Å².